The Morgan fingerprint density at radius 1 is 1.32 bits per heavy atom. The monoisotopic (exact) mass is 301 g/mol. The van der Waals surface area contributed by atoms with Crippen LogP contribution in [0, 0.1) is 12.8 Å². The summed E-state index contributed by atoms with van der Waals surface area (Å²) < 4.78 is 0. The van der Waals surface area contributed by atoms with E-state index in [2.05, 4.69) is 5.32 Å². The second kappa shape index (κ2) is 6.02. The SMILES string of the molecule is Cc1cc(Cl)c(NC2CCCC(C(=O)O)C2)cc1Cl. The lowest BCUT2D eigenvalue weighted by atomic mass is 9.85. The number of aliphatic carboxylic acids is 1. The molecule has 19 heavy (non-hydrogen) atoms. The van der Waals surface area contributed by atoms with Crippen molar-refractivity contribution in [3.05, 3.63) is 27.7 Å². The van der Waals surface area contributed by atoms with Crippen LogP contribution in [0.25, 0.3) is 0 Å². The summed E-state index contributed by atoms with van der Waals surface area (Å²) in [4.78, 5) is 11.0. The number of nitrogens with one attached hydrogen (secondary N) is 1. The Hall–Kier alpha value is -0.930. The second-order valence-electron chi connectivity index (χ2n) is 5.12. The van der Waals surface area contributed by atoms with Crippen LogP contribution in [0.15, 0.2) is 12.1 Å². The first kappa shape index (κ1) is 14.5. The molecule has 0 heterocycles. The highest BCUT2D eigenvalue weighted by atomic mass is 35.5. The van der Waals surface area contributed by atoms with Gasteiger partial charge in [-0.05, 0) is 43.9 Å². The molecule has 0 radical (unpaired) electrons. The largest absolute Gasteiger partial charge is 0.481 e. The summed E-state index contributed by atoms with van der Waals surface area (Å²) in [7, 11) is 0. The molecule has 2 N–H and O–H groups in total. The zero-order chi connectivity index (χ0) is 14.0. The molecular weight excluding hydrogens is 285 g/mol. The Morgan fingerprint density at radius 2 is 2.05 bits per heavy atom. The fourth-order valence-corrected chi connectivity index (χ4v) is 2.96. The predicted octanol–water partition coefficient (Wildman–Crippen LogP) is 4.36. The normalized spacial score (nSPS) is 23.1. The molecule has 0 amide bonds. The first-order chi connectivity index (χ1) is 8.97. The van der Waals surface area contributed by atoms with Crippen LogP contribution in [0.5, 0.6) is 0 Å². The Bertz CT molecular complexity index is 491. The van der Waals surface area contributed by atoms with E-state index in [9.17, 15) is 4.79 Å². The molecule has 1 saturated carbocycles. The van der Waals surface area contributed by atoms with Crippen molar-refractivity contribution in [3.63, 3.8) is 0 Å². The van der Waals surface area contributed by atoms with E-state index in [1.54, 1.807) is 0 Å². The van der Waals surface area contributed by atoms with Crippen molar-refractivity contribution >= 4 is 34.9 Å². The molecule has 1 aromatic rings. The van der Waals surface area contributed by atoms with E-state index in [1.165, 1.54) is 0 Å². The molecule has 1 aliphatic rings. The van der Waals surface area contributed by atoms with Gasteiger partial charge in [-0.3, -0.25) is 4.79 Å². The molecule has 1 aliphatic carbocycles. The van der Waals surface area contributed by atoms with Gasteiger partial charge in [0.05, 0.1) is 16.6 Å². The maximum absolute atomic E-state index is 11.0. The Labute approximate surface area is 122 Å². The molecule has 104 valence electrons. The van der Waals surface area contributed by atoms with Crippen LogP contribution in [-0.4, -0.2) is 17.1 Å². The van der Waals surface area contributed by atoms with Gasteiger partial charge in [0.25, 0.3) is 0 Å². The summed E-state index contributed by atoms with van der Waals surface area (Å²) in [6.07, 6.45) is 3.28. The van der Waals surface area contributed by atoms with E-state index in [0.717, 1.165) is 30.5 Å². The number of carboxylic acids is 1. The summed E-state index contributed by atoms with van der Waals surface area (Å²) >= 11 is 12.3. The highest BCUT2D eigenvalue weighted by molar-refractivity contribution is 6.35. The van der Waals surface area contributed by atoms with Crippen molar-refractivity contribution in [1.29, 1.82) is 0 Å². The Balaban J connectivity index is 2.08. The first-order valence-corrected chi connectivity index (χ1v) is 7.18. The van der Waals surface area contributed by atoms with Crippen molar-refractivity contribution in [1.82, 2.24) is 0 Å². The average Bonchev–Trinajstić information content (AvgIpc) is 2.36. The molecule has 5 heteroatoms. The number of benzene rings is 1. The van der Waals surface area contributed by atoms with Crippen LogP contribution in [-0.2, 0) is 4.79 Å². The summed E-state index contributed by atoms with van der Waals surface area (Å²) in [6, 6.07) is 3.78. The second-order valence-corrected chi connectivity index (χ2v) is 5.94. The third-order valence-electron chi connectivity index (χ3n) is 3.63. The zero-order valence-electron chi connectivity index (χ0n) is 10.7. The topological polar surface area (TPSA) is 49.3 Å². The minimum absolute atomic E-state index is 0.145. The fourth-order valence-electron chi connectivity index (χ4n) is 2.52. The predicted molar refractivity (Wildman–Crippen MR) is 78.2 cm³/mol. The number of rotatable bonds is 3. The molecule has 3 nitrogen and oxygen atoms in total. The molecule has 1 aromatic carbocycles. The third kappa shape index (κ3) is 3.54. The van der Waals surface area contributed by atoms with Gasteiger partial charge in [-0.15, -0.1) is 0 Å². The number of anilines is 1. The van der Waals surface area contributed by atoms with Crippen LogP contribution < -0.4 is 5.32 Å². The van der Waals surface area contributed by atoms with Crippen LogP contribution in [0.4, 0.5) is 5.69 Å². The fraction of sp³-hybridized carbons (Fsp3) is 0.500. The van der Waals surface area contributed by atoms with Gasteiger partial charge in [0.15, 0.2) is 0 Å². The first-order valence-electron chi connectivity index (χ1n) is 6.42. The zero-order valence-corrected chi connectivity index (χ0v) is 12.3. The van der Waals surface area contributed by atoms with Crippen molar-refractivity contribution < 1.29 is 9.90 Å². The third-order valence-corrected chi connectivity index (χ3v) is 4.35. The van der Waals surface area contributed by atoms with Crippen molar-refractivity contribution in [2.75, 3.05) is 5.32 Å². The van der Waals surface area contributed by atoms with Crippen LogP contribution in [0.1, 0.15) is 31.2 Å². The lowest BCUT2D eigenvalue weighted by Gasteiger charge is -2.28. The van der Waals surface area contributed by atoms with E-state index in [4.69, 9.17) is 28.3 Å². The molecular formula is C14H17Cl2NO2. The summed E-state index contributed by atoms with van der Waals surface area (Å²) in [5.41, 5.74) is 1.72. The smallest absolute Gasteiger partial charge is 0.306 e. The molecule has 0 aliphatic heterocycles. The van der Waals surface area contributed by atoms with Gasteiger partial charge >= 0.3 is 5.97 Å². The van der Waals surface area contributed by atoms with Gasteiger partial charge in [0.1, 0.15) is 0 Å². The molecule has 2 unspecified atom stereocenters. The van der Waals surface area contributed by atoms with E-state index in [0.29, 0.717) is 16.5 Å². The number of carbonyl (C=O) groups is 1. The van der Waals surface area contributed by atoms with Gasteiger partial charge in [-0.25, -0.2) is 0 Å². The van der Waals surface area contributed by atoms with Crippen LogP contribution in [0.3, 0.4) is 0 Å². The lowest BCUT2D eigenvalue weighted by molar-refractivity contribution is -0.142. The van der Waals surface area contributed by atoms with Gasteiger partial charge in [-0.1, -0.05) is 29.6 Å². The number of hydrogen-bond acceptors (Lipinski definition) is 2. The van der Waals surface area contributed by atoms with Gasteiger partial charge in [0.2, 0.25) is 0 Å². The maximum atomic E-state index is 11.0. The molecule has 0 spiro atoms. The highest BCUT2D eigenvalue weighted by Gasteiger charge is 2.27. The minimum atomic E-state index is -0.709. The minimum Gasteiger partial charge on any atom is -0.481 e. The number of hydrogen-bond donors (Lipinski definition) is 2. The Kier molecular flexibility index (Phi) is 4.58. The van der Waals surface area contributed by atoms with E-state index >= 15 is 0 Å². The molecule has 1 fully saturated rings. The number of halogens is 2. The van der Waals surface area contributed by atoms with E-state index in [-0.39, 0.29) is 12.0 Å². The van der Waals surface area contributed by atoms with Gasteiger partial charge in [0, 0.05) is 11.1 Å². The summed E-state index contributed by atoms with van der Waals surface area (Å²) in [6.45, 7) is 1.90. The average molecular weight is 302 g/mol. The van der Waals surface area contributed by atoms with E-state index in [1.807, 2.05) is 19.1 Å². The molecule has 0 aromatic heterocycles. The van der Waals surface area contributed by atoms with Crippen molar-refractivity contribution in [2.24, 2.45) is 5.92 Å². The number of aryl methyl sites for hydroxylation is 1. The van der Waals surface area contributed by atoms with Crippen LogP contribution >= 0.6 is 23.2 Å². The summed E-state index contributed by atoms with van der Waals surface area (Å²) in [5, 5.41) is 13.7. The van der Waals surface area contributed by atoms with Crippen LogP contribution in [0.2, 0.25) is 10.0 Å². The quantitative estimate of drug-likeness (QED) is 0.872. The molecule has 2 rings (SSSR count). The number of carboxylic acid groups (broad SMARTS) is 1. The molecule has 2 atom stereocenters. The maximum Gasteiger partial charge on any atom is 0.306 e. The standard InChI is InChI=1S/C14H17Cl2NO2/c1-8-5-12(16)13(7-11(8)15)17-10-4-2-3-9(6-10)14(18)19/h5,7,9-10,17H,2-4,6H2,1H3,(H,18,19). The molecule has 0 saturated heterocycles. The van der Waals surface area contributed by atoms with Gasteiger partial charge in [-0.2, -0.15) is 0 Å². The lowest BCUT2D eigenvalue weighted by Crippen LogP contribution is -2.31. The van der Waals surface area contributed by atoms with Gasteiger partial charge < -0.3 is 10.4 Å². The van der Waals surface area contributed by atoms with E-state index < -0.39 is 5.97 Å². The van der Waals surface area contributed by atoms with Crippen molar-refractivity contribution in [3.8, 4) is 0 Å². The highest BCUT2D eigenvalue weighted by Crippen LogP contribution is 2.32. The molecule has 0 bridgehead atoms. The Morgan fingerprint density at radius 3 is 2.74 bits per heavy atom. The summed E-state index contributed by atoms with van der Waals surface area (Å²) in [5.74, 6) is -0.967. The van der Waals surface area contributed by atoms with Crippen molar-refractivity contribution in [2.45, 2.75) is 38.6 Å².